The normalized spacial score (nSPS) is 10.8. The summed E-state index contributed by atoms with van der Waals surface area (Å²) in [5.74, 6) is -11.8. The largest absolute Gasteiger partial charge is 0.464 e. The fourth-order valence-corrected chi connectivity index (χ4v) is 1.55. The Balaban J connectivity index is 2.71. The summed E-state index contributed by atoms with van der Waals surface area (Å²) in [6.45, 7) is 0. The van der Waals surface area contributed by atoms with E-state index in [1.54, 1.807) is 0 Å². The molecule has 0 fully saturated rings. The molecule has 0 amide bonds. The van der Waals surface area contributed by atoms with Gasteiger partial charge in [0.25, 0.3) is 0 Å². The van der Waals surface area contributed by atoms with E-state index in [-0.39, 0.29) is 10.4 Å². The van der Waals surface area contributed by atoms with Gasteiger partial charge in [-0.2, -0.15) is 5.10 Å². The van der Waals surface area contributed by atoms with Crippen LogP contribution in [-0.4, -0.2) is 22.9 Å². The predicted octanol–water partition coefficient (Wildman–Crippen LogP) is 1.94. The molecular formula is C11H6F5N3O2. The van der Waals surface area contributed by atoms with E-state index < -0.39 is 46.4 Å². The molecule has 0 aliphatic rings. The molecule has 1 aromatic heterocycles. The molecule has 2 N–H and O–H groups in total. The van der Waals surface area contributed by atoms with Gasteiger partial charge in [-0.15, -0.1) is 0 Å². The number of nitrogens with zero attached hydrogens (tertiary/aromatic N) is 2. The van der Waals surface area contributed by atoms with Gasteiger partial charge in [0, 0.05) is 0 Å². The smallest absolute Gasteiger partial charge is 0.360 e. The molecule has 1 heterocycles. The van der Waals surface area contributed by atoms with Gasteiger partial charge in [0.15, 0.2) is 29.0 Å². The summed E-state index contributed by atoms with van der Waals surface area (Å²) in [4.78, 5) is 11.3. The molecule has 0 aliphatic heterocycles. The van der Waals surface area contributed by atoms with Crippen molar-refractivity contribution in [3.05, 3.63) is 41.0 Å². The van der Waals surface area contributed by atoms with Crippen molar-refractivity contribution in [3.8, 4) is 5.69 Å². The van der Waals surface area contributed by atoms with E-state index in [0.717, 1.165) is 13.3 Å². The molecule has 0 bridgehead atoms. The summed E-state index contributed by atoms with van der Waals surface area (Å²) in [6.07, 6.45) is 0.727. The third-order valence-corrected chi connectivity index (χ3v) is 2.54. The summed E-state index contributed by atoms with van der Waals surface area (Å²) in [5, 5.41) is 3.37. The number of benzene rings is 1. The number of carbonyl (C=O) groups excluding carboxylic acids is 1. The van der Waals surface area contributed by atoms with Gasteiger partial charge in [0.1, 0.15) is 5.69 Å². The molecule has 0 aliphatic carbocycles. The number of rotatable bonds is 2. The van der Waals surface area contributed by atoms with Crippen LogP contribution in [-0.2, 0) is 4.74 Å². The SMILES string of the molecule is COC(=O)c1nn(-c2c(F)c(F)c(F)c(F)c2F)cc1N. The summed E-state index contributed by atoms with van der Waals surface area (Å²) in [6, 6.07) is 0. The van der Waals surface area contributed by atoms with Crippen LogP contribution in [0.4, 0.5) is 27.6 Å². The van der Waals surface area contributed by atoms with Crippen molar-refractivity contribution in [3.63, 3.8) is 0 Å². The van der Waals surface area contributed by atoms with Gasteiger partial charge in [-0.05, 0) is 0 Å². The molecular weight excluding hydrogens is 301 g/mol. The zero-order valence-electron chi connectivity index (χ0n) is 10.3. The van der Waals surface area contributed by atoms with Crippen molar-refractivity contribution in [2.24, 2.45) is 0 Å². The Hall–Kier alpha value is -2.65. The minimum absolute atomic E-state index is 0.276. The maximum absolute atomic E-state index is 13.6. The molecule has 0 spiro atoms. The fourth-order valence-electron chi connectivity index (χ4n) is 1.55. The Morgan fingerprint density at radius 3 is 2.05 bits per heavy atom. The second-order valence-corrected chi connectivity index (χ2v) is 3.79. The number of hydrogen-bond donors (Lipinski definition) is 1. The fraction of sp³-hybridized carbons (Fsp3) is 0.0909. The maximum Gasteiger partial charge on any atom is 0.360 e. The van der Waals surface area contributed by atoms with Crippen molar-refractivity contribution < 1.29 is 31.5 Å². The van der Waals surface area contributed by atoms with Gasteiger partial charge in [-0.1, -0.05) is 0 Å². The van der Waals surface area contributed by atoms with E-state index in [1.165, 1.54) is 0 Å². The van der Waals surface area contributed by atoms with E-state index in [9.17, 15) is 26.7 Å². The van der Waals surface area contributed by atoms with Crippen LogP contribution in [0, 0.1) is 29.1 Å². The first-order valence-electron chi connectivity index (χ1n) is 5.24. The Kier molecular flexibility index (Phi) is 3.54. The number of hydrogen-bond acceptors (Lipinski definition) is 4. The average molecular weight is 307 g/mol. The third kappa shape index (κ3) is 2.18. The molecule has 0 radical (unpaired) electrons. The minimum Gasteiger partial charge on any atom is -0.464 e. The van der Waals surface area contributed by atoms with Gasteiger partial charge in [-0.25, -0.2) is 31.4 Å². The first kappa shape index (κ1) is 14.8. The van der Waals surface area contributed by atoms with Gasteiger partial charge < -0.3 is 10.5 Å². The Labute approximate surface area is 113 Å². The summed E-state index contributed by atoms with van der Waals surface area (Å²) < 4.78 is 70.8. The molecule has 2 rings (SSSR count). The number of aromatic nitrogens is 2. The van der Waals surface area contributed by atoms with Crippen molar-refractivity contribution in [2.45, 2.75) is 0 Å². The van der Waals surface area contributed by atoms with Gasteiger partial charge in [0.2, 0.25) is 5.82 Å². The monoisotopic (exact) mass is 307 g/mol. The Bertz CT molecular complexity index is 715. The van der Waals surface area contributed by atoms with Crippen LogP contribution in [0.2, 0.25) is 0 Å². The molecule has 5 nitrogen and oxygen atoms in total. The number of ether oxygens (including phenoxy) is 1. The van der Waals surface area contributed by atoms with Crippen molar-refractivity contribution in [1.82, 2.24) is 9.78 Å². The molecule has 1 aromatic carbocycles. The van der Waals surface area contributed by atoms with Crippen LogP contribution < -0.4 is 5.73 Å². The van der Waals surface area contributed by atoms with Gasteiger partial charge in [0.05, 0.1) is 19.0 Å². The predicted molar refractivity (Wildman–Crippen MR) is 59.1 cm³/mol. The second kappa shape index (κ2) is 5.04. The van der Waals surface area contributed by atoms with E-state index in [4.69, 9.17) is 5.73 Å². The number of halogens is 5. The first-order valence-corrected chi connectivity index (χ1v) is 5.24. The van der Waals surface area contributed by atoms with E-state index in [1.807, 2.05) is 0 Å². The van der Waals surface area contributed by atoms with Crippen LogP contribution in [0.3, 0.4) is 0 Å². The highest BCUT2D eigenvalue weighted by Crippen LogP contribution is 2.27. The Morgan fingerprint density at radius 2 is 1.57 bits per heavy atom. The summed E-state index contributed by atoms with van der Waals surface area (Å²) in [7, 11) is 0.999. The number of methoxy groups -OCH3 is 1. The van der Waals surface area contributed by atoms with Gasteiger partial charge in [-0.3, -0.25) is 0 Å². The lowest BCUT2D eigenvalue weighted by atomic mass is 10.2. The zero-order valence-corrected chi connectivity index (χ0v) is 10.3. The lowest BCUT2D eigenvalue weighted by Crippen LogP contribution is -2.11. The van der Waals surface area contributed by atoms with Gasteiger partial charge >= 0.3 is 5.97 Å². The van der Waals surface area contributed by atoms with Crippen LogP contribution in [0.25, 0.3) is 5.69 Å². The standard InChI is InChI=1S/C11H6F5N3O2/c1-21-11(20)9-3(17)2-19(18-9)10-7(15)5(13)4(12)6(14)8(10)16/h2H,17H2,1H3. The zero-order chi connectivity index (χ0) is 15.9. The lowest BCUT2D eigenvalue weighted by molar-refractivity contribution is 0.0594. The summed E-state index contributed by atoms with van der Waals surface area (Å²) in [5.41, 5.74) is 3.14. The molecule has 0 saturated heterocycles. The number of nitrogen functional groups attached to an aromatic ring is 1. The van der Waals surface area contributed by atoms with Crippen molar-refractivity contribution in [2.75, 3.05) is 12.8 Å². The molecule has 0 saturated carbocycles. The molecule has 2 aromatic rings. The molecule has 10 heteroatoms. The van der Waals surface area contributed by atoms with Crippen LogP contribution in [0.15, 0.2) is 6.20 Å². The molecule has 112 valence electrons. The van der Waals surface area contributed by atoms with E-state index in [2.05, 4.69) is 9.84 Å². The number of anilines is 1. The third-order valence-electron chi connectivity index (χ3n) is 2.54. The van der Waals surface area contributed by atoms with Crippen molar-refractivity contribution >= 4 is 11.7 Å². The average Bonchev–Trinajstić information content (AvgIpc) is 2.84. The minimum atomic E-state index is -2.30. The van der Waals surface area contributed by atoms with Crippen molar-refractivity contribution in [1.29, 1.82) is 0 Å². The van der Waals surface area contributed by atoms with Crippen LogP contribution in [0.1, 0.15) is 10.5 Å². The number of carbonyl (C=O) groups is 1. The summed E-state index contributed by atoms with van der Waals surface area (Å²) >= 11 is 0. The van der Waals surface area contributed by atoms with Crippen LogP contribution in [0.5, 0.6) is 0 Å². The lowest BCUT2D eigenvalue weighted by Gasteiger charge is -2.07. The number of nitrogens with two attached hydrogens (primary N) is 1. The molecule has 0 atom stereocenters. The topological polar surface area (TPSA) is 70.1 Å². The molecule has 0 unspecified atom stereocenters. The molecule has 21 heavy (non-hydrogen) atoms. The van der Waals surface area contributed by atoms with Crippen LogP contribution >= 0.6 is 0 Å². The highest BCUT2D eigenvalue weighted by molar-refractivity contribution is 5.92. The highest BCUT2D eigenvalue weighted by Gasteiger charge is 2.28. The van der Waals surface area contributed by atoms with E-state index in [0.29, 0.717) is 0 Å². The highest BCUT2D eigenvalue weighted by atomic mass is 19.2. The quantitative estimate of drug-likeness (QED) is 0.398. The number of esters is 1. The maximum atomic E-state index is 13.6. The van der Waals surface area contributed by atoms with E-state index >= 15 is 0 Å². The first-order chi connectivity index (χ1) is 9.79. The Morgan fingerprint density at radius 1 is 1.10 bits per heavy atom. The second-order valence-electron chi connectivity index (χ2n) is 3.79.